The highest BCUT2D eigenvalue weighted by atomic mass is 16.5. The number of ether oxygens (including phenoxy) is 1. The Morgan fingerprint density at radius 3 is 2.71 bits per heavy atom. The topological polar surface area (TPSA) is 67.3 Å². The lowest BCUT2D eigenvalue weighted by molar-refractivity contribution is 0.138. The molecule has 0 saturated heterocycles. The van der Waals surface area contributed by atoms with Gasteiger partial charge in [-0.25, -0.2) is 0 Å². The molecule has 0 spiro atoms. The van der Waals surface area contributed by atoms with Crippen molar-refractivity contribution in [1.82, 2.24) is 9.97 Å². The normalized spacial score (nSPS) is 26.7. The van der Waals surface area contributed by atoms with E-state index in [4.69, 9.17) is 4.74 Å². The minimum atomic E-state index is -0.174. The van der Waals surface area contributed by atoms with Crippen molar-refractivity contribution < 1.29 is 9.84 Å². The Kier molecular flexibility index (Phi) is 4.91. The third kappa shape index (κ3) is 4.06. The van der Waals surface area contributed by atoms with Gasteiger partial charge < -0.3 is 15.2 Å². The van der Waals surface area contributed by atoms with Crippen molar-refractivity contribution in [3.8, 4) is 5.88 Å². The van der Waals surface area contributed by atoms with E-state index >= 15 is 0 Å². The van der Waals surface area contributed by atoms with Crippen molar-refractivity contribution in [3.63, 3.8) is 0 Å². The van der Waals surface area contributed by atoms with Gasteiger partial charge in [0.2, 0.25) is 5.88 Å². The summed E-state index contributed by atoms with van der Waals surface area (Å²) in [5.74, 6) is 1.68. The Morgan fingerprint density at radius 1 is 1.10 bits per heavy atom. The van der Waals surface area contributed by atoms with E-state index in [1.54, 1.807) is 12.4 Å². The molecule has 0 radical (unpaired) electrons. The maximum Gasteiger partial charge on any atom is 0.234 e. The van der Waals surface area contributed by atoms with Gasteiger partial charge in [-0.15, -0.1) is 0 Å². The van der Waals surface area contributed by atoms with E-state index in [0.29, 0.717) is 17.9 Å². The molecule has 2 aliphatic carbocycles. The zero-order chi connectivity index (χ0) is 14.5. The lowest BCUT2D eigenvalue weighted by atomic mass is 9.98. The summed E-state index contributed by atoms with van der Waals surface area (Å²) in [5, 5.41) is 13.1. The summed E-state index contributed by atoms with van der Waals surface area (Å²) in [6.07, 6.45) is 12.7. The lowest BCUT2D eigenvalue weighted by Gasteiger charge is -2.22. The van der Waals surface area contributed by atoms with Crippen LogP contribution in [0.3, 0.4) is 0 Å². The number of aliphatic hydroxyl groups excluding tert-OH is 1. The smallest absolute Gasteiger partial charge is 0.234 e. The molecule has 2 N–H and O–H groups in total. The van der Waals surface area contributed by atoms with Crippen LogP contribution < -0.4 is 10.1 Å². The van der Waals surface area contributed by atoms with E-state index in [-0.39, 0.29) is 6.10 Å². The first-order valence-electron chi connectivity index (χ1n) is 8.22. The van der Waals surface area contributed by atoms with E-state index in [1.165, 1.54) is 19.3 Å². The molecule has 0 aromatic carbocycles. The first-order valence-corrected chi connectivity index (χ1v) is 8.22. The summed E-state index contributed by atoms with van der Waals surface area (Å²) >= 11 is 0. The van der Waals surface area contributed by atoms with E-state index in [1.807, 2.05) is 0 Å². The molecule has 2 fully saturated rings. The van der Waals surface area contributed by atoms with Crippen LogP contribution in [0.15, 0.2) is 12.4 Å². The van der Waals surface area contributed by atoms with Crippen molar-refractivity contribution in [3.05, 3.63) is 12.4 Å². The minimum Gasteiger partial charge on any atom is -0.473 e. The Bertz CT molecular complexity index is 449. The highest BCUT2D eigenvalue weighted by Gasteiger charge is 2.24. The third-order valence-electron chi connectivity index (χ3n) is 4.62. The van der Waals surface area contributed by atoms with Crippen LogP contribution in [-0.4, -0.2) is 33.8 Å². The van der Waals surface area contributed by atoms with Gasteiger partial charge in [-0.05, 0) is 38.5 Å². The third-order valence-corrected chi connectivity index (χ3v) is 4.62. The van der Waals surface area contributed by atoms with Gasteiger partial charge in [0.25, 0.3) is 0 Å². The summed E-state index contributed by atoms with van der Waals surface area (Å²) in [6.45, 7) is 0.753. The van der Waals surface area contributed by atoms with Crippen LogP contribution in [0, 0.1) is 5.92 Å². The average molecular weight is 291 g/mol. The average Bonchev–Trinajstić information content (AvgIpc) is 2.92. The lowest BCUT2D eigenvalue weighted by Crippen LogP contribution is -2.23. The summed E-state index contributed by atoms with van der Waals surface area (Å²) in [7, 11) is 0. The molecule has 0 amide bonds. The fourth-order valence-corrected chi connectivity index (χ4v) is 3.33. The molecule has 3 rings (SSSR count). The molecule has 0 bridgehead atoms. The quantitative estimate of drug-likeness (QED) is 0.873. The number of aliphatic hydroxyl groups is 1. The van der Waals surface area contributed by atoms with Crippen LogP contribution >= 0.6 is 0 Å². The van der Waals surface area contributed by atoms with Crippen LogP contribution in [0.5, 0.6) is 5.88 Å². The van der Waals surface area contributed by atoms with Gasteiger partial charge in [0, 0.05) is 12.5 Å². The van der Waals surface area contributed by atoms with E-state index in [2.05, 4.69) is 15.3 Å². The zero-order valence-electron chi connectivity index (χ0n) is 12.5. The summed E-state index contributed by atoms with van der Waals surface area (Å²) in [4.78, 5) is 8.68. The number of nitrogens with zero attached hydrogens (tertiary/aromatic N) is 2. The van der Waals surface area contributed by atoms with Crippen LogP contribution in [0.2, 0.25) is 0 Å². The van der Waals surface area contributed by atoms with Crippen LogP contribution in [-0.2, 0) is 0 Å². The highest BCUT2D eigenvalue weighted by Crippen LogP contribution is 2.26. The Hall–Kier alpha value is -1.36. The predicted molar refractivity (Wildman–Crippen MR) is 81.4 cm³/mol. The van der Waals surface area contributed by atoms with Crippen LogP contribution in [0.1, 0.15) is 51.4 Å². The van der Waals surface area contributed by atoms with Crippen molar-refractivity contribution in [2.45, 2.75) is 63.6 Å². The zero-order valence-corrected chi connectivity index (χ0v) is 12.5. The van der Waals surface area contributed by atoms with Gasteiger partial charge in [-0.3, -0.25) is 4.98 Å². The molecule has 21 heavy (non-hydrogen) atoms. The van der Waals surface area contributed by atoms with Crippen LogP contribution in [0.25, 0.3) is 0 Å². The van der Waals surface area contributed by atoms with Gasteiger partial charge in [0.1, 0.15) is 11.9 Å². The van der Waals surface area contributed by atoms with E-state index in [0.717, 1.165) is 44.5 Å². The maximum atomic E-state index is 9.84. The molecule has 5 nitrogen and oxygen atoms in total. The highest BCUT2D eigenvalue weighted by molar-refractivity contribution is 5.33. The van der Waals surface area contributed by atoms with Crippen molar-refractivity contribution in [2.75, 3.05) is 11.9 Å². The molecule has 2 aliphatic rings. The summed E-state index contributed by atoms with van der Waals surface area (Å²) < 4.78 is 5.93. The standard InChI is InChI=1S/C16H25N3O2/c20-14-8-4-5-12(14)9-18-15-10-17-11-16(19-15)21-13-6-2-1-3-7-13/h10-14,20H,1-9H2,(H,18,19). The maximum absolute atomic E-state index is 9.84. The number of rotatable bonds is 5. The van der Waals surface area contributed by atoms with Gasteiger partial charge in [0.05, 0.1) is 18.5 Å². The Labute approximate surface area is 126 Å². The number of aromatic nitrogens is 2. The van der Waals surface area contributed by atoms with Crippen molar-refractivity contribution in [1.29, 1.82) is 0 Å². The van der Waals surface area contributed by atoms with Gasteiger partial charge >= 0.3 is 0 Å². The molecule has 1 heterocycles. The number of anilines is 1. The number of hydrogen-bond acceptors (Lipinski definition) is 5. The van der Waals surface area contributed by atoms with Gasteiger partial charge in [-0.2, -0.15) is 4.98 Å². The summed E-state index contributed by atoms with van der Waals surface area (Å²) in [5.41, 5.74) is 0. The fraction of sp³-hybridized carbons (Fsp3) is 0.750. The predicted octanol–water partition coefficient (Wildman–Crippen LogP) is 2.76. The molecule has 1 aromatic heterocycles. The van der Waals surface area contributed by atoms with Crippen molar-refractivity contribution in [2.24, 2.45) is 5.92 Å². The largest absolute Gasteiger partial charge is 0.473 e. The van der Waals surface area contributed by atoms with Gasteiger partial charge in [0.15, 0.2) is 0 Å². The molecule has 5 heteroatoms. The second-order valence-electron chi connectivity index (χ2n) is 6.26. The number of hydrogen-bond donors (Lipinski definition) is 2. The van der Waals surface area contributed by atoms with Crippen LogP contribution in [0.4, 0.5) is 5.82 Å². The summed E-state index contributed by atoms with van der Waals surface area (Å²) in [6, 6.07) is 0. The van der Waals surface area contributed by atoms with Gasteiger partial charge in [-0.1, -0.05) is 12.8 Å². The fourth-order valence-electron chi connectivity index (χ4n) is 3.33. The first kappa shape index (κ1) is 14.6. The molecular weight excluding hydrogens is 266 g/mol. The molecule has 2 atom stereocenters. The van der Waals surface area contributed by atoms with Crippen molar-refractivity contribution >= 4 is 5.82 Å². The second kappa shape index (κ2) is 7.07. The molecular formula is C16H25N3O2. The van der Waals surface area contributed by atoms with E-state index in [9.17, 15) is 5.11 Å². The minimum absolute atomic E-state index is 0.174. The van der Waals surface area contributed by atoms with E-state index < -0.39 is 0 Å². The molecule has 116 valence electrons. The molecule has 0 aliphatic heterocycles. The Balaban J connectivity index is 1.52. The first-order chi connectivity index (χ1) is 10.3. The monoisotopic (exact) mass is 291 g/mol. The SMILES string of the molecule is OC1CCCC1CNc1cncc(OC2CCCCC2)n1. The number of nitrogens with one attached hydrogen (secondary N) is 1. The second-order valence-corrected chi connectivity index (χ2v) is 6.26. The Morgan fingerprint density at radius 2 is 1.95 bits per heavy atom. The molecule has 1 aromatic rings. The molecule has 2 saturated carbocycles. The molecule has 2 unspecified atom stereocenters.